The van der Waals surface area contributed by atoms with Gasteiger partial charge in [0.25, 0.3) is 11.8 Å². The van der Waals surface area contributed by atoms with Gasteiger partial charge < -0.3 is 26.4 Å². The van der Waals surface area contributed by atoms with Crippen molar-refractivity contribution in [2.75, 3.05) is 0 Å². The predicted molar refractivity (Wildman–Crippen MR) is 191 cm³/mol. The lowest BCUT2D eigenvalue weighted by Gasteiger charge is -2.34. The first-order chi connectivity index (χ1) is 24.0. The number of carbonyl (C=O) groups is 4. The van der Waals surface area contributed by atoms with Crippen molar-refractivity contribution in [1.82, 2.24) is 31.2 Å². The third-order valence-corrected chi connectivity index (χ3v) is 8.43. The largest absolute Gasteiger partial charge is 0.389 e. The number of nitrogens with zero attached hydrogens (tertiary/aromatic N) is 2. The third kappa shape index (κ3) is 10.8. The molecule has 5 N–H and O–H groups in total. The third-order valence-electron chi connectivity index (χ3n) is 8.43. The molecule has 0 aliphatic carbocycles. The maximum absolute atomic E-state index is 13.9. The number of pyridine rings is 2. The minimum absolute atomic E-state index is 0.240. The van der Waals surface area contributed by atoms with Crippen LogP contribution in [0, 0.1) is 11.8 Å². The standard InChI is InChI=1S/C39H46N6O5/c1-25(2)33(44-36(47)29-15-19-40-20-16-29)38(49)42-31(23-27-11-7-5-8-12-27)35(46)32(24-28-13-9-6-10-14-28)43-39(50)34(26(3)4)45-37(48)30-17-21-41-22-18-30/h5-22,25-26,31-35,46H,23-24H2,1-4H3,(H,42,49)(H,43,50)(H,44,47)(H,45,48)/t31-,32-,33-,34-/m0/s1. The van der Waals surface area contributed by atoms with Gasteiger partial charge in [-0.2, -0.15) is 0 Å². The molecule has 0 saturated heterocycles. The molecular weight excluding hydrogens is 632 g/mol. The number of amides is 4. The summed E-state index contributed by atoms with van der Waals surface area (Å²) in [6.07, 6.45) is 5.20. The van der Waals surface area contributed by atoms with Gasteiger partial charge in [-0.25, -0.2) is 0 Å². The van der Waals surface area contributed by atoms with Gasteiger partial charge in [-0.1, -0.05) is 88.4 Å². The van der Waals surface area contributed by atoms with E-state index < -0.39 is 53.9 Å². The fraction of sp³-hybridized carbons (Fsp3) is 0.333. The van der Waals surface area contributed by atoms with Crippen molar-refractivity contribution >= 4 is 23.6 Å². The number of hydrogen-bond acceptors (Lipinski definition) is 7. The van der Waals surface area contributed by atoms with Crippen molar-refractivity contribution in [2.24, 2.45) is 11.8 Å². The Bertz CT molecular complexity index is 1550. The Balaban J connectivity index is 1.62. The monoisotopic (exact) mass is 678 g/mol. The molecule has 262 valence electrons. The molecule has 11 heteroatoms. The van der Waals surface area contributed by atoms with Crippen LogP contribution in [0.2, 0.25) is 0 Å². The van der Waals surface area contributed by atoms with Crippen molar-refractivity contribution < 1.29 is 24.3 Å². The SMILES string of the molecule is CC(C)[C@H](NC(=O)c1ccncc1)C(=O)N[C@@H](Cc1ccccc1)C(O)[C@H](Cc1ccccc1)NC(=O)[C@@H](NC(=O)c1ccncc1)C(C)C. The molecule has 0 aliphatic heterocycles. The van der Waals surface area contributed by atoms with Gasteiger partial charge >= 0.3 is 0 Å². The minimum atomic E-state index is -1.28. The smallest absolute Gasteiger partial charge is 0.252 e. The van der Waals surface area contributed by atoms with E-state index in [9.17, 15) is 24.3 Å². The van der Waals surface area contributed by atoms with Crippen LogP contribution >= 0.6 is 0 Å². The summed E-state index contributed by atoms with van der Waals surface area (Å²) in [6.45, 7) is 7.30. The summed E-state index contributed by atoms with van der Waals surface area (Å²) in [5.41, 5.74) is 2.43. The quantitative estimate of drug-likeness (QED) is 0.121. The normalized spacial score (nSPS) is 13.6. The molecule has 0 unspecified atom stereocenters. The van der Waals surface area contributed by atoms with Crippen LogP contribution in [0.4, 0.5) is 0 Å². The number of aliphatic hydroxyl groups is 1. The van der Waals surface area contributed by atoms with Crippen molar-refractivity contribution in [3.63, 3.8) is 0 Å². The summed E-state index contributed by atoms with van der Waals surface area (Å²) in [5, 5.41) is 23.8. The summed E-state index contributed by atoms with van der Waals surface area (Å²) in [4.78, 5) is 61.8. The van der Waals surface area contributed by atoms with E-state index in [0.717, 1.165) is 11.1 Å². The molecule has 2 aromatic carbocycles. The Hall–Kier alpha value is -5.42. The Labute approximate surface area is 293 Å². The average Bonchev–Trinajstić information content (AvgIpc) is 3.13. The summed E-state index contributed by atoms with van der Waals surface area (Å²) in [5.74, 6) is -2.38. The lowest BCUT2D eigenvalue weighted by molar-refractivity contribution is -0.126. The van der Waals surface area contributed by atoms with Crippen LogP contribution in [0.1, 0.15) is 59.5 Å². The van der Waals surface area contributed by atoms with E-state index in [1.165, 1.54) is 24.8 Å². The zero-order valence-electron chi connectivity index (χ0n) is 28.8. The van der Waals surface area contributed by atoms with E-state index in [0.29, 0.717) is 11.1 Å². The van der Waals surface area contributed by atoms with Gasteiger partial charge in [0, 0.05) is 35.9 Å². The fourth-order valence-corrected chi connectivity index (χ4v) is 5.60. The molecule has 2 aromatic heterocycles. The highest BCUT2D eigenvalue weighted by atomic mass is 16.3. The van der Waals surface area contributed by atoms with E-state index in [2.05, 4.69) is 31.2 Å². The molecule has 0 fully saturated rings. The lowest BCUT2D eigenvalue weighted by Crippen LogP contribution is -2.61. The molecule has 0 bridgehead atoms. The second-order valence-corrected chi connectivity index (χ2v) is 13.0. The van der Waals surface area contributed by atoms with Crippen LogP contribution in [-0.4, -0.2) is 69.0 Å². The van der Waals surface area contributed by atoms with Crippen LogP contribution < -0.4 is 21.3 Å². The summed E-state index contributed by atoms with van der Waals surface area (Å²) in [6, 6.07) is 21.5. The number of benzene rings is 2. The zero-order chi connectivity index (χ0) is 36.0. The molecule has 50 heavy (non-hydrogen) atoms. The second kappa shape index (κ2) is 18.4. The van der Waals surface area contributed by atoms with E-state index in [1.54, 1.807) is 24.3 Å². The Kier molecular flexibility index (Phi) is 13.7. The first kappa shape index (κ1) is 37.4. The van der Waals surface area contributed by atoms with Crippen LogP contribution in [0.15, 0.2) is 110 Å². The number of aliphatic hydroxyl groups excluding tert-OH is 1. The molecule has 0 saturated carbocycles. The van der Waals surface area contributed by atoms with Gasteiger partial charge in [0.1, 0.15) is 12.1 Å². The van der Waals surface area contributed by atoms with Crippen LogP contribution in [0.3, 0.4) is 0 Å². The second-order valence-electron chi connectivity index (χ2n) is 13.0. The van der Waals surface area contributed by atoms with Gasteiger partial charge in [-0.3, -0.25) is 29.1 Å². The number of hydrogen-bond donors (Lipinski definition) is 5. The van der Waals surface area contributed by atoms with E-state index in [-0.39, 0.29) is 24.7 Å². The van der Waals surface area contributed by atoms with Crippen molar-refractivity contribution in [3.05, 3.63) is 132 Å². The Morgan fingerprint density at radius 2 is 0.880 bits per heavy atom. The van der Waals surface area contributed by atoms with E-state index >= 15 is 0 Å². The Morgan fingerprint density at radius 3 is 1.20 bits per heavy atom. The van der Waals surface area contributed by atoms with Gasteiger partial charge in [-0.15, -0.1) is 0 Å². The van der Waals surface area contributed by atoms with Crippen molar-refractivity contribution in [1.29, 1.82) is 0 Å². The van der Waals surface area contributed by atoms with Crippen molar-refractivity contribution in [3.8, 4) is 0 Å². The molecular formula is C39H46N6O5. The lowest BCUT2D eigenvalue weighted by atomic mass is 9.91. The molecule has 0 aliphatic rings. The maximum Gasteiger partial charge on any atom is 0.252 e. The van der Waals surface area contributed by atoms with Gasteiger partial charge in [0.15, 0.2) is 0 Å². The molecule has 11 nitrogen and oxygen atoms in total. The number of nitrogens with one attached hydrogen (secondary N) is 4. The highest BCUT2D eigenvalue weighted by Crippen LogP contribution is 2.16. The summed E-state index contributed by atoms with van der Waals surface area (Å²) < 4.78 is 0. The maximum atomic E-state index is 13.9. The first-order valence-electron chi connectivity index (χ1n) is 16.8. The molecule has 4 aromatic rings. The first-order valence-corrected chi connectivity index (χ1v) is 16.8. The number of rotatable bonds is 16. The zero-order valence-corrected chi connectivity index (χ0v) is 28.8. The van der Waals surface area contributed by atoms with Crippen LogP contribution in [0.25, 0.3) is 0 Å². The van der Waals surface area contributed by atoms with Gasteiger partial charge in [0.05, 0.1) is 18.2 Å². The van der Waals surface area contributed by atoms with Gasteiger partial charge in [0.2, 0.25) is 11.8 Å². The average molecular weight is 679 g/mol. The van der Waals surface area contributed by atoms with Gasteiger partial charge in [-0.05, 0) is 60.1 Å². The van der Waals surface area contributed by atoms with Crippen LogP contribution in [-0.2, 0) is 22.4 Å². The van der Waals surface area contributed by atoms with E-state index in [1.807, 2.05) is 88.4 Å². The minimum Gasteiger partial charge on any atom is -0.389 e. The topological polar surface area (TPSA) is 162 Å². The molecule has 0 spiro atoms. The van der Waals surface area contributed by atoms with Crippen molar-refractivity contribution in [2.45, 2.75) is 70.8 Å². The summed E-state index contributed by atoms with van der Waals surface area (Å²) in [7, 11) is 0. The number of aromatic nitrogens is 2. The predicted octanol–water partition coefficient (Wildman–Crippen LogP) is 3.50. The molecule has 4 amide bonds. The fourth-order valence-electron chi connectivity index (χ4n) is 5.60. The molecule has 4 rings (SSSR count). The van der Waals surface area contributed by atoms with Crippen LogP contribution in [0.5, 0.6) is 0 Å². The highest BCUT2D eigenvalue weighted by Gasteiger charge is 2.35. The number of carbonyl (C=O) groups excluding carboxylic acids is 4. The molecule has 0 radical (unpaired) electrons. The highest BCUT2D eigenvalue weighted by molar-refractivity contribution is 5.98. The van der Waals surface area contributed by atoms with E-state index in [4.69, 9.17) is 0 Å². The summed E-state index contributed by atoms with van der Waals surface area (Å²) >= 11 is 0. The molecule has 2 heterocycles. The Morgan fingerprint density at radius 1 is 0.540 bits per heavy atom. The molecule has 4 atom stereocenters.